The Bertz CT molecular complexity index is 947. The van der Waals surface area contributed by atoms with E-state index in [0.717, 1.165) is 38.7 Å². The molecule has 2 aliphatic carbocycles. The van der Waals surface area contributed by atoms with E-state index in [-0.39, 0.29) is 10.3 Å². The lowest BCUT2D eigenvalue weighted by atomic mass is 9.65. The second-order valence-electron chi connectivity index (χ2n) is 9.15. The van der Waals surface area contributed by atoms with Crippen LogP contribution in [0.2, 0.25) is 5.02 Å². The van der Waals surface area contributed by atoms with Gasteiger partial charge < -0.3 is 4.74 Å². The van der Waals surface area contributed by atoms with Crippen LogP contribution >= 0.6 is 11.6 Å². The quantitative estimate of drug-likeness (QED) is 0.505. The minimum Gasteiger partial charge on any atom is -0.378 e. The van der Waals surface area contributed by atoms with Crippen LogP contribution in [0.15, 0.2) is 53.4 Å². The zero-order valence-electron chi connectivity index (χ0n) is 18.0. The van der Waals surface area contributed by atoms with Gasteiger partial charge >= 0.3 is 0 Å². The first kappa shape index (κ1) is 22.8. The van der Waals surface area contributed by atoms with Gasteiger partial charge in [-0.15, -0.1) is 0 Å². The van der Waals surface area contributed by atoms with Gasteiger partial charge in [-0.3, -0.25) is 0 Å². The van der Waals surface area contributed by atoms with E-state index >= 15 is 0 Å². The summed E-state index contributed by atoms with van der Waals surface area (Å²) in [6.07, 6.45) is 10.6. The Morgan fingerprint density at radius 2 is 1.58 bits per heavy atom. The van der Waals surface area contributed by atoms with Crippen molar-refractivity contribution in [3.63, 3.8) is 0 Å². The maximum atomic E-state index is 12.7. The molecular weight excluding hydrogens is 430 g/mol. The Kier molecular flexibility index (Phi) is 7.37. The molecule has 0 saturated heterocycles. The van der Waals surface area contributed by atoms with Crippen molar-refractivity contribution in [2.24, 2.45) is 5.41 Å². The highest BCUT2D eigenvalue weighted by Crippen LogP contribution is 2.43. The first-order chi connectivity index (χ1) is 14.9. The van der Waals surface area contributed by atoms with Crippen LogP contribution in [0.1, 0.15) is 56.1 Å². The number of nitrogens with one attached hydrogen (secondary N) is 1. The first-order valence-electron chi connectivity index (χ1n) is 11.4. The van der Waals surface area contributed by atoms with Crippen LogP contribution in [0.5, 0.6) is 0 Å². The molecule has 0 aliphatic heterocycles. The highest BCUT2D eigenvalue weighted by molar-refractivity contribution is 7.89. The minimum atomic E-state index is -3.53. The number of hydrogen-bond acceptors (Lipinski definition) is 3. The van der Waals surface area contributed by atoms with E-state index < -0.39 is 10.0 Å². The summed E-state index contributed by atoms with van der Waals surface area (Å²) in [6, 6.07) is 15.1. The Labute approximate surface area is 191 Å². The van der Waals surface area contributed by atoms with Crippen LogP contribution in [0.25, 0.3) is 0 Å². The summed E-state index contributed by atoms with van der Waals surface area (Å²) < 4.78 is 34.1. The molecule has 0 spiro atoms. The molecule has 2 aliphatic rings. The third kappa shape index (κ3) is 6.10. The van der Waals surface area contributed by atoms with Gasteiger partial charge in [0.2, 0.25) is 10.0 Å². The molecule has 0 unspecified atom stereocenters. The molecule has 0 heterocycles. The summed E-state index contributed by atoms with van der Waals surface area (Å²) in [5.74, 6) is 0. The van der Waals surface area contributed by atoms with Gasteiger partial charge in [-0.25, -0.2) is 13.1 Å². The zero-order chi connectivity index (χ0) is 21.7. The molecule has 2 aromatic carbocycles. The van der Waals surface area contributed by atoms with Gasteiger partial charge in [0.15, 0.2) is 0 Å². The largest absolute Gasteiger partial charge is 0.378 e. The average molecular weight is 462 g/mol. The van der Waals surface area contributed by atoms with Gasteiger partial charge in [0.25, 0.3) is 0 Å². The van der Waals surface area contributed by atoms with Gasteiger partial charge in [-0.05, 0) is 79.3 Å². The SMILES string of the molecule is O=S(=O)(NCC1(Cc2ccc(CCOC3CCCC3)cc2)CCC1)c1ccc(Cl)cc1. The summed E-state index contributed by atoms with van der Waals surface area (Å²) in [5.41, 5.74) is 2.57. The van der Waals surface area contributed by atoms with Gasteiger partial charge in [-0.2, -0.15) is 0 Å². The van der Waals surface area contributed by atoms with Crippen molar-refractivity contribution in [3.05, 3.63) is 64.7 Å². The molecule has 0 radical (unpaired) electrons. The normalized spacial score (nSPS) is 18.7. The van der Waals surface area contributed by atoms with Crippen molar-refractivity contribution in [1.82, 2.24) is 4.72 Å². The lowest BCUT2D eigenvalue weighted by Crippen LogP contribution is -2.43. The maximum Gasteiger partial charge on any atom is 0.240 e. The highest BCUT2D eigenvalue weighted by Gasteiger charge is 2.38. The fourth-order valence-corrected chi connectivity index (χ4v) is 5.98. The molecule has 0 aromatic heterocycles. The predicted octanol–water partition coefficient (Wildman–Crippen LogP) is 5.53. The zero-order valence-corrected chi connectivity index (χ0v) is 19.6. The third-order valence-corrected chi connectivity index (χ3v) is 8.49. The molecule has 4 nitrogen and oxygen atoms in total. The van der Waals surface area contributed by atoms with E-state index in [4.69, 9.17) is 16.3 Å². The summed E-state index contributed by atoms with van der Waals surface area (Å²) in [5, 5.41) is 0.531. The van der Waals surface area contributed by atoms with Crippen molar-refractivity contribution < 1.29 is 13.2 Å². The second-order valence-corrected chi connectivity index (χ2v) is 11.4. The summed E-state index contributed by atoms with van der Waals surface area (Å²) in [4.78, 5) is 0.260. The van der Waals surface area contributed by atoms with Gasteiger partial charge in [0, 0.05) is 11.6 Å². The molecule has 4 rings (SSSR count). The maximum absolute atomic E-state index is 12.7. The van der Waals surface area contributed by atoms with E-state index in [1.807, 2.05) is 0 Å². The molecule has 0 atom stereocenters. The molecule has 2 fully saturated rings. The molecule has 2 aromatic rings. The topological polar surface area (TPSA) is 55.4 Å². The monoisotopic (exact) mass is 461 g/mol. The lowest BCUT2D eigenvalue weighted by molar-refractivity contribution is 0.0606. The molecule has 6 heteroatoms. The Morgan fingerprint density at radius 3 is 2.19 bits per heavy atom. The van der Waals surface area contributed by atoms with Crippen LogP contribution in [-0.4, -0.2) is 27.7 Å². The highest BCUT2D eigenvalue weighted by atomic mass is 35.5. The fourth-order valence-electron chi connectivity index (χ4n) is 4.69. The van der Waals surface area contributed by atoms with Crippen molar-refractivity contribution in [1.29, 1.82) is 0 Å². The van der Waals surface area contributed by atoms with E-state index in [0.29, 0.717) is 17.7 Å². The van der Waals surface area contributed by atoms with Crippen molar-refractivity contribution in [2.45, 2.75) is 68.8 Å². The Morgan fingerprint density at radius 1 is 0.935 bits per heavy atom. The number of halogens is 1. The van der Waals surface area contributed by atoms with E-state index in [1.165, 1.54) is 36.8 Å². The van der Waals surface area contributed by atoms with Crippen molar-refractivity contribution >= 4 is 21.6 Å². The smallest absolute Gasteiger partial charge is 0.240 e. The number of sulfonamides is 1. The van der Waals surface area contributed by atoms with Crippen LogP contribution < -0.4 is 4.72 Å². The Balaban J connectivity index is 1.30. The number of ether oxygens (including phenoxy) is 1. The van der Waals surface area contributed by atoms with Crippen LogP contribution in [0.3, 0.4) is 0 Å². The predicted molar refractivity (Wildman–Crippen MR) is 125 cm³/mol. The average Bonchev–Trinajstić information content (AvgIpc) is 3.25. The minimum absolute atomic E-state index is 0.00654. The van der Waals surface area contributed by atoms with E-state index in [1.54, 1.807) is 24.3 Å². The number of rotatable bonds is 10. The Hall–Kier alpha value is -1.40. The van der Waals surface area contributed by atoms with E-state index in [2.05, 4.69) is 29.0 Å². The van der Waals surface area contributed by atoms with Crippen LogP contribution in [0.4, 0.5) is 0 Å². The fraction of sp³-hybridized carbons (Fsp3) is 0.520. The summed E-state index contributed by atoms with van der Waals surface area (Å²) >= 11 is 5.88. The molecule has 168 valence electrons. The summed E-state index contributed by atoms with van der Waals surface area (Å²) in [7, 11) is -3.53. The van der Waals surface area contributed by atoms with Gasteiger partial charge in [0.1, 0.15) is 0 Å². The van der Waals surface area contributed by atoms with E-state index in [9.17, 15) is 8.42 Å². The number of benzene rings is 2. The number of hydrogen-bond donors (Lipinski definition) is 1. The standard InChI is InChI=1S/C25H32ClNO3S/c26-22-10-12-24(13-11-22)31(28,29)27-19-25(15-3-16-25)18-21-8-6-20(7-9-21)14-17-30-23-4-1-2-5-23/h6-13,23,27H,1-5,14-19H2. The van der Waals surface area contributed by atoms with Crippen molar-refractivity contribution in [3.8, 4) is 0 Å². The molecular formula is C25H32ClNO3S. The van der Waals surface area contributed by atoms with Crippen LogP contribution in [-0.2, 0) is 27.6 Å². The second kappa shape index (κ2) is 10.0. The molecule has 0 bridgehead atoms. The molecule has 2 saturated carbocycles. The van der Waals surface area contributed by atoms with Crippen molar-refractivity contribution in [2.75, 3.05) is 13.2 Å². The molecule has 0 amide bonds. The van der Waals surface area contributed by atoms with Gasteiger partial charge in [-0.1, -0.05) is 55.1 Å². The van der Waals surface area contributed by atoms with Crippen LogP contribution in [0, 0.1) is 5.41 Å². The molecule has 1 N–H and O–H groups in total. The van der Waals surface area contributed by atoms with Gasteiger partial charge in [0.05, 0.1) is 17.6 Å². The third-order valence-electron chi connectivity index (χ3n) is 6.82. The lowest BCUT2D eigenvalue weighted by Gasteiger charge is -2.42. The summed E-state index contributed by atoms with van der Waals surface area (Å²) in [6.45, 7) is 1.26. The first-order valence-corrected chi connectivity index (χ1v) is 13.3. The molecule has 31 heavy (non-hydrogen) atoms.